The Hall–Kier alpha value is -1.10. The Bertz CT molecular complexity index is 378. The average Bonchev–Trinajstić information content (AvgIpc) is 2.85. The van der Waals surface area contributed by atoms with Crippen LogP contribution in [-0.2, 0) is 9.59 Å². The number of carbonyl (C=O) groups excluding carboxylic acids is 1. The molecule has 0 bridgehead atoms. The first-order valence-corrected chi connectivity index (χ1v) is 8.26. The summed E-state index contributed by atoms with van der Waals surface area (Å²) in [4.78, 5) is 24.9. The van der Waals surface area contributed by atoms with E-state index in [1.807, 2.05) is 4.90 Å². The third kappa shape index (κ3) is 3.96. The second-order valence-electron chi connectivity index (χ2n) is 6.59. The minimum Gasteiger partial charge on any atom is -0.481 e. The summed E-state index contributed by atoms with van der Waals surface area (Å²) in [6.07, 6.45) is 4.80. The third-order valence-corrected chi connectivity index (χ3v) is 5.46. The standard InChI is InChI=1S/C16H28N2O3/c1-3-12-4-5-14(11(12)2)17-10-15(19)18-8-6-13(7-9-18)16(20)21/h11-14,17H,3-10H2,1-2H3,(H,20,21). The van der Waals surface area contributed by atoms with E-state index in [0.29, 0.717) is 44.4 Å². The summed E-state index contributed by atoms with van der Waals surface area (Å²) in [6, 6.07) is 0.454. The van der Waals surface area contributed by atoms with Gasteiger partial charge in [0.2, 0.25) is 5.91 Å². The van der Waals surface area contributed by atoms with Gasteiger partial charge in [0.1, 0.15) is 0 Å². The zero-order valence-corrected chi connectivity index (χ0v) is 13.2. The number of likely N-dealkylation sites (tertiary alicyclic amines) is 1. The van der Waals surface area contributed by atoms with Crippen LogP contribution in [0.25, 0.3) is 0 Å². The summed E-state index contributed by atoms with van der Waals surface area (Å²) in [5.41, 5.74) is 0. The summed E-state index contributed by atoms with van der Waals surface area (Å²) < 4.78 is 0. The van der Waals surface area contributed by atoms with Gasteiger partial charge in [0.05, 0.1) is 12.5 Å². The molecule has 0 aromatic carbocycles. The van der Waals surface area contributed by atoms with E-state index in [1.165, 1.54) is 12.8 Å². The van der Waals surface area contributed by atoms with Gasteiger partial charge in [-0.25, -0.2) is 0 Å². The normalized spacial score (nSPS) is 30.6. The molecule has 0 aromatic rings. The maximum Gasteiger partial charge on any atom is 0.306 e. The summed E-state index contributed by atoms with van der Waals surface area (Å²) >= 11 is 0. The van der Waals surface area contributed by atoms with Crippen LogP contribution < -0.4 is 5.32 Å². The summed E-state index contributed by atoms with van der Waals surface area (Å²) in [5.74, 6) is 0.531. The molecule has 5 nitrogen and oxygen atoms in total. The fourth-order valence-corrected chi connectivity index (χ4v) is 3.82. The van der Waals surface area contributed by atoms with Gasteiger partial charge in [-0.05, 0) is 37.5 Å². The highest BCUT2D eigenvalue weighted by Gasteiger charge is 2.32. The van der Waals surface area contributed by atoms with Crippen LogP contribution in [0.1, 0.15) is 46.0 Å². The lowest BCUT2D eigenvalue weighted by Crippen LogP contribution is -2.46. The van der Waals surface area contributed by atoms with Crippen molar-refractivity contribution in [3.63, 3.8) is 0 Å². The number of nitrogens with zero attached hydrogens (tertiary/aromatic N) is 1. The van der Waals surface area contributed by atoms with E-state index in [4.69, 9.17) is 5.11 Å². The smallest absolute Gasteiger partial charge is 0.306 e. The SMILES string of the molecule is CCC1CCC(NCC(=O)N2CCC(C(=O)O)CC2)C1C. The van der Waals surface area contributed by atoms with E-state index in [2.05, 4.69) is 19.2 Å². The molecule has 3 atom stereocenters. The maximum absolute atomic E-state index is 12.2. The van der Waals surface area contributed by atoms with Crippen molar-refractivity contribution in [2.45, 2.75) is 52.0 Å². The number of carboxylic acids is 1. The molecule has 1 heterocycles. The highest BCUT2D eigenvalue weighted by Crippen LogP contribution is 2.33. The number of amides is 1. The number of piperidine rings is 1. The van der Waals surface area contributed by atoms with Crippen molar-refractivity contribution in [2.75, 3.05) is 19.6 Å². The topological polar surface area (TPSA) is 69.6 Å². The molecule has 1 aliphatic carbocycles. The van der Waals surface area contributed by atoms with Crippen LogP contribution in [-0.4, -0.2) is 47.6 Å². The van der Waals surface area contributed by atoms with Crippen molar-refractivity contribution in [1.29, 1.82) is 0 Å². The number of carboxylic acid groups (broad SMARTS) is 1. The van der Waals surface area contributed by atoms with E-state index in [9.17, 15) is 9.59 Å². The molecule has 21 heavy (non-hydrogen) atoms. The van der Waals surface area contributed by atoms with Crippen molar-refractivity contribution >= 4 is 11.9 Å². The van der Waals surface area contributed by atoms with Crippen LogP contribution in [0.2, 0.25) is 0 Å². The quantitative estimate of drug-likeness (QED) is 0.810. The Morgan fingerprint density at radius 1 is 1.19 bits per heavy atom. The first-order valence-electron chi connectivity index (χ1n) is 8.26. The molecule has 5 heteroatoms. The minimum atomic E-state index is -0.731. The number of aliphatic carboxylic acids is 1. The lowest BCUT2D eigenvalue weighted by Gasteiger charge is -2.31. The highest BCUT2D eigenvalue weighted by atomic mass is 16.4. The molecule has 2 N–H and O–H groups in total. The van der Waals surface area contributed by atoms with E-state index in [0.717, 1.165) is 12.3 Å². The Labute approximate surface area is 127 Å². The molecular formula is C16H28N2O3. The van der Waals surface area contributed by atoms with Gasteiger partial charge in [0.15, 0.2) is 0 Å². The largest absolute Gasteiger partial charge is 0.481 e. The molecule has 1 aliphatic heterocycles. The van der Waals surface area contributed by atoms with Gasteiger partial charge in [-0.1, -0.05) is 20.3 Å². The molecule has 0 spiro atoms. The zero-order chi connectivity index (χ0) is 15.4. The first kappa shape index (κ1) is 16.3. The fraction of sp³-hybridized carbons (Fsp3) is 0.875. The molecule has 2 rings (SSSR count). The zero-order valence-electron chi connectivity index (χ0n) is 13.2. The second kappa shape index (κ2) is 7.25. The van der Waals surface area contributed by atoms with Gasteiger partial charge in [-0.2, -0.15) is 0 Å². The van der Waals surface area contributed by atoms with Gasteiger partial charge in [0, 0.05) is 19.1 Å². The first-order chi connectivity index (χ1) is 10.0. The van der Waals surface area contributed by atoms with Gasteiger partial charge >= 0.3 is 5.97 Å². The number of carbonyl (C=O) groups is 2. The summed E-state index contributed by atoms with van der Waals surface area (Å²) in [7, 11) is 0. The molecule has 2 fully saturated rings. The predicted molar refractivity (Wildman–Crippen MR) is 80.9 cm³/mol. The second-order valence-corrected chi connectivity index (χ2v) is 6.59. The lowest BCUT2D eigenvalue weighted by atomic mass is 9.93. The van der Waals surface area contributed by atoms with Crippen molar-refractivity contribution < 1.29 is 14.7 Å². The number of nitrogens with one attached hydrogen (secondary N) is 1. The Morgan fingerprint density at radius 3 is 2.38 bits per heavy atom. The van der Waals surface area contributed by atoms with Crippen LogP contribution in [0.15, 0.2) is 0 Å². The van der Waals surface area contributed by atoms with E-state index in [1.54, 1.807) is 0 Å². The molecule has 2 aliphatic rings. The monoisotopic (exact) mass is 296 g/mol. The molecule has 0 aromatic heterocycles. The lowest BCUT2D eigenvalue weighted by molar-refractivity contribution is -0.145. The Morgan fingerprint density at radius 2 is 1.86 bits per heavy atom. The van der Waals surface area contributed by atoms with Gasteiger partial charge in [0.25, 0.3) is 0 Å². The van der Waals surface area contributed by atoms with Gasteiger partial charge in [-0.3, -0.25) is 9.59 Å². The molecule has 0 radical (unpaired) electrons. The summed E-state index contributed by atoms with van der Waals surface area (Å²) in [6.45, 7) is 6.07. The number of rotatable bonds is 5. The molecule has 1 saturated carbocycles. The predicted octanol–water partition coefficient (Wildman–Crippen LogP) is 1.72. The van der Waals surface area contributed by atoms with Crippen LogP contribution >= 0.6 is 0 Å². The third-order valence-electron chi connectivity index (χ3n) is 5.46. The van der Waals surface area contributed by atoms with Crippen LogP contribution in [0.5, 0.6) is 0 Å². The Balaban J connectivity index is 1.72. The van der Waals surface area contributed by atoms with Crippen molar-refractivity contribution in [1.82, 2.24) is 10.2 Å². The minimum absolute atomic E-state index is 0.117. The van der Waals surface area contributed by atoms with Crippen LogP contribution in [0.4, 0.5) is 0 Å². The maximum atomic E-state index is 12.2. The van der Waals surface area contributed by atoms with E-state index >= 15 is 0 Å². The van der Waals surface area contributed by atoms with Gasteiger partial charge in [-0.15, -0.1) is 0 Å². The van der Waals surface area contributed by atoms with Gasteiger partial charge < -0.3 is 15.3 Å². The van der Waals surface area contributed by atoms with Crippen molar-refractivity contribution in [3.8, 4) is 0 Å². The van der Waals surface area contributed by atoms with Crippen LogP contribution in [0.3, 0.4) is 0 Å². The number of hydrogen-bond donors (Lipinski definition) is 2. The van der Waals surface area contributed by atoms with Crippen molar-refractivity contribution in [2.24, 2.45) is 17.8 Å². The molecule has 1 amide bonds. The van der Waals surface area contributed by atoms with E-state index < -0.39 is 5.97 Å². The van der Waals surface area contributed by atoms with Crippen molar-refractivity contribution in [3.05, 3.63) is 0 Å². The highest BCUT2D eigenvalue weighted by molar-refractivity contribution is 5.79. The molecular weight excluding hydrogens is 268 g/mol. The summed E-state index contributed by atoms with van der Waals surface area (Å²) in [5, 5.41) is 12.4. The average molecular weight is 296 g/mol. The van der Waals surface area contributed by atoms with Crippen LogP contribution in [0, 0.1) is 17.8 Å². The fourth-order valence-electron chi connectivity index (χ4n) is 3.82. The van der Waals surface area contributed by atoms with E-state index in [-0.39, 0.29) is 11.8 Å². The number of hydrogen-bond acceptors (Lipinski definition) is 3. The molecule has 3 unspecified atom stereocenters. The molecule has 120 valence electrons. The molecule has 1 saturated heterocycles. The Kier molecular flexibility index (Phi) is 5.62.